The van der Waals surface area contributed by atoms with Gasteiger partial charge in [-0.15, -0.1) is 0 Å². The first-order valence-corrected chi connectivity index (χ1v) is 7.64. The van der Waals surface area contributed by atoms with Crippen LogP contribution in [0.4, 0.5) is 0 Å². The number of carbonyl (C=O) groups is 1. The predicted octanol–water partition coefficient (Wildman–Crippen LogP) is 2.99. The van der Waals surface area contributed by atoms with Gasteiger partial charge in [-0.1, -0.05) is 17.7 Å². The van der Waals surface area contributed by atoms with Gasteiger partial charge >= 0.3 is 0 Å². The van der Waals surface area contributed by atoms with E-state index in [1.54, 1.807) is 0 Å². The van der Waals surface area contributed by atoms with Gasteiger partial charge in [0.1, 0.15) is 5.69 Å². The number of fused-ring (bicyclic) bond motifs is 1. The number of aryl methyl sites for hydroxylation is 1. The lowest BCUT2D eigenvalue weighted by Gasteiger charge is -2.09. The number of ether oxygens (including phenoxy) is 1. The number of hydrogen-bond acceptors (Lipinski definition) is 2. The van der Waals surface area contributed by atoms with Crippen molar-refractivity contribution in [1.29, 1.82) is 0 Å². The smallest absolute Gasteiger partial charge is 0.267 e. The molecule has 1 aliphatic rings. The molecular weight excluding hydrogens is 288 g/mol. The summed E-state index contributed by atoms with van der Waals surface area (Å²) in [5, 5.41) is 4.57. The van der Waals surface area contributed by atoms with Crippen molar-refractivity contribution in [3.63, 3.8) is 0 Å². The third-order valence-corrected chi connectivity index (χ3v) is 4.46. The van der Waals surface area contributed by atoms with Gasteiger partial charge in [0.2, 0.25) is 0 Å². The molecule has 1 aliphatic heterocycles. The van der Waals surface area contributed by atoms with Crippen molar-refractivity contribution in [1.82, 2.24) is 9.88 Å². The van der Waals surface area contributed by atoms with Crippen LogP contribution in [-0.2, 0) is 11.8 Å². The van der Waals surface area contributed by atoms with Crippen molar-refractivity contribution < 1.29 is 9.53 Å². The Labute approximate surface area is 129 Å². The third-order valence-electron chi connectivity index (χ3n) is 4.13. The van der Waals surface area contributed by atoms with E-state index in [2.05, 4.69) is 5.32 Å². The van der Waals surface area contributed by atoms with E-state index in [0.29, 0.717) is 23.2 Å². The van der Waals surface area contributed by atoms with E-state index in [-0.39, 0.29) is 5.91 Å². The van der Waals surface area contributed by atoms with E-state index >= 15 is 0 Å². The van der Waals surface area contributed by atoms with Crippen LogP contribution in [-0.4, -0.2) is 30.2 Å². The quantitative estimate of drug-likeness (QED) is 0.943. The lowest BCUT2D eigenvalue weighted by molar-refractivity contribution is 0.0942. The summed E-state index contributed by atoms with van der Waals surface area (Å²) < 4.78 is 7.22. The summed E-state index contributed by atoms with van der Waals surface area (Å²) in [6, 6.07) is 7.55. The summed E-state index contributed by atoms with van der Waals surface area (Å²) in [7, 11) is 1.89. The number of nitrogens with zero attached hydrogens (tertiary/aromatic N) is 1. The van der Waals surface area contributed by atoms with Gasteiger partial charge in [-0.05, 0) is 37.0 Å². The van der Waals surface area contributed by atoms with Crippen molar-refractivity contribution in [2.24, 2.45) is 13.0 Å². The Kier molecular flexibility index (Phi) is 4.17. The molecule has 1 fully saturated rings. The summed E-state index contributed by atoms with van der Waals surface area (Å²) in [6.45, 7) is 2.35. The van der Waals surface area contributed by atoms with Crippen LogP contribution in [0.1, 0.15) is 23.3 Å². The molecular formula is C16H19ClN2O2. The Balaban J connectivity index is 1.69. The number of carbonyl (C=O) groups excluding carboxylic acids is 1. The van der Waals surface area contributed by atoms with Crippen molar-refractivity contribution in [3.05, 3.63) is 35.0 Å². The highest BCUT2D eigenvalue weighted by Gasteiger charge is 2.17. The average molecular weight is 307 g/mol. The standard InChI is InChI=1S/C16H19ClN2O2/c1-19-14-4-2-3-13(17)12(14)9-15(19)16(20)18-7-5-11-6-8-21-10-11/h2-4,9,11H,5-8,10H2,1H3,(H,18,20)/t11-/m0/s1. The topological polar surface area (TPSA) is 43.3 Å². The second-order valence-electron chi connectivity index (χ2n) is 5.54. The monoisotopic (exact) mass is 306 g/mol. The normalized spacial score (nSPS) is 18.3. The molecule has 0 aliphatic carbocycles. The highest BCUT2D eigenvalue weighted by molar-refractivity contribution is 6.35. The summed E-state index contributed by atoms with van der Waals surface area (Å²) in [4.78, 5) is 12.3. The zero-order valence-corrected chi connectivity index (χ0v) is 12.8. The Morgan fingerprint density at radius 3 is 3.10 bits per heavy atom. The van der Waals surface area contributed by atoms with Crippen LogP contribution in [0.2, 0.25) is 5.02 Å². The SMILES string of the molecule is Cn1c(C(=O)NCC[C@H]2CCOC2)cc2c(Cl)cccc21. The third kappa shape index (κ3) is 2.92. The van der Waals surface area contributed by atoms with Crippen LogP contribution in [0.3, 0.4) is 0 Å². The zero-order valence-electron chi connectivity index (χ0n) is 12.1. The molecule has 0 saturated carbocycles. The van der Waals surface area contributed by atoms with Crippen LogP contribution in [0.5, 0.6) is 0 Å². The molecule has 5 heteroatoms. The molecule has 1 atom stereocenters. The molecule has 4 nitrogen and oxygen atoms in total. The van der Waals surface area contributed by atoms with Crippen LogP contribution in [0, 0.1) is 5.92 Å². The summed E-state index contributed by atoms with van der Waals surface area (Å²) in [5.41, 5.74) is 1.61. The maximum atomic E-state index is 12.3. The first-order valence-electron chi connectivity index (χ1n) is 7.26. The predicted molar refractivity (Wildman–Crippen MR) is 83.8 cm³/mol. The Morgan fingerprint density at radius 2 is 2.38 bits per heavy atom. The molecule has 1 amide bonds. The maximum Gasteiger partial charge on any atom is 0.267 e. The molecule has 1 aromatic heterocycles. The molecule has 3 rings (SSSR count). The number of rotatable bonds is 4. The molecule has 0 radical (unpaired) electrons. The summed E-state index contributed by atoms with van der Waals surface area (Å²) >= 11 is 6.18. The molecule has 112 valence electrons. The number of hydrogen-bond donors (Lipinski definition) is 1. The maximum absolute atomic E-state index is 12.3. The molecule has 1 saturated heterocycles. The van der Waals surface area contributed by atoms with Gasteiger partial charge < -0.3 is 14.6 Å². The van der Waals surface area contributed by atoms with Crippen LogP contribution >= 0.6 is 11.6 Å². The molecule has 0 bridgehead atoms. The molecule has 0 spiro atoms. The highest BCUT2D eigenvalue weighted by atomic mass is 35.5. The van der Waals surface area contributed by atoms with E-state index in [1.807, 2.05) is 35.9 Å². The minimum absolute atomic E-state index is 0.0521. The van der Waals surface area contributed by atoms with Gasteiger partial charge in [-0.25, -0.2) is 0 Å². The number of benzene rings is 1. The van der Waals surface area contributed by atoms with Gasteiger partial charge in [0.15, 0.2) is 0 Å². The number of aromatic nitrogens is 1. The lowest BCUT2D eigenvalue weighted by Crippen LogP contribution is -2.27. The van der Waals surface area contributed by atoms with E-state index in [0.717, 1.165) is 37.0 Å². The van der Waals surface area contributed by atoms with Gasteiger partial charge in [-0.2, -0.15) is 0 Å². The fourth-order valence-corrected chi connectivity index (χ4v) is 3.06. The average Bonchev–Trinajstić information content (AvgIpc) is 3.08. The minimum atomic E-state index is -0.0521. The highest BCUT2D eigenvalue weighted by Crippen LogP contribution is 2.26. The summed E-state index contributed by atoms with van der Waals surface area (Å²) in [5.74, 6) is 0.524. The lowest BCUT2D eigenvalue weighted by atomic mass is 10.1. The fraction of sp³-hybridized carbons (Fsp3) is 0.438. The molecule has 0 unspecified atom stereocenters. The molecule has 2 aromatic rings. The van der Waals surface area contributed by atoms with Crippen LogP contribution < -0.4 is 5.32 Å². The molecule has 1 N–H and O–H groups in total. The second kappa shape index (κ2) is 6.08. The van der Waals surface area contributed by atoms with Crippen LogP contribution in [0.15, 0.2) is 24.3 Å². The first-order chi connectivity index (χ1) is 10.2. The molecule has 2 heterocycles. The van der Waals surface area contributed by atoms with Gasteiger partial charge in [0.05, 0.1) is 0 Å². The van der Waals surface area contributed by atoms with Gasteiger partial charge in [0.25, 0.3) is 5.91 Å². The van der Waals surface area contributed by atoms with Crippen LogP contribution in [0.25, 0.3) is 10.9 Å². The fourth-order valence-electron chi connectivity index (χ4n) is 2.83. The van der Waals surface area contributed by atoms with Crippen molar-refractivity contribution in [3.8, 4) is 0 Å². The zero-order chi connectivity index (χ0) is 14.8. The Hall–Kier alpha value is -1.52. The Morgan fingerprint density at radius 1 is 1.52 bits per heavy atom. The first kappa shape index (κ1) is 14.4. The van der Waals surface area contributed by atoms with Crippen molar-refractivity contribution >= 4 is 28.4 Å². The van der Waals surface area contributed by atoms with Crippen molar-refractivity contribution in [2.45, 2.75) is 12.8 Å². The number of amides is 1. The van der Waals surface area contributed by atoms with E-state index < -0.39 is 0 Å². The molecule has 21 heavy (non-hydrogen) atoms. The van der Waals surface area contributed by atoms with Gasteiger partial charge in [-0.3, -0.25) is 4.79 Å². The van der Waals surface area contributed by atoms with E-state index in [1.165, 1.54) is 0 Å². The minimum Gasteiger partial charge on any atom is -0.381 e. The molecule has 1 aromatic carbocycles. The largest absolute Gasteiger partial charge is 0.381 e. The van der Waals surface area contributed by atoms with Gasteiger partial charge in [0, 0.05) is 42.7 Å². The van der Waals surface area contributed by atoms with E-state index in [4.69, 9.17) is 16.3 Å². The van der Waals surface area contributed by atoms with Crippen molar-refractivity contribution in [2.75, 3.05) is 19.8 Å². The van der Waals surface area contributed by atoms with E-state index in [9.17, 15) is 4.79 Å². The number of nitrogens with one attached hydrogen (secondary N) is 1. The Bertz CT molecular complexity index is 660. The second-order valence-corrected chi connectivity index (χ2v) is 5.94. The summed E-state index contributed by atoms with van der Waals surface area (Å²) in [6.07, 6.45) is 2.07. The number of halogens is 1.